The van der Waals surface area contributed by atoms with Crippen molar-refractivity contribution in [3.05, 3.63) is 53.9 Å². The Balaban J connectivity index is 1.57. The maximum atomic E-state index is 5.39. The van der Waals surface area contributed by atoms with Gasteiger partial charge in [0, 0.05) is 5.56 Å². The number of rotatable bonds is 9. The molecule has 0 N–H and O–H groups in total. The third-order valence-electron chi connectivity index (χ3n) is 3.77. The summed E-state index contributed by atoms with van der Waals surface area (Å²) in [6.45, 7) is 2.64. The number of nitrogens with zero attached hydrogens (tertiary/aromatic N) is 3. The molecule has 0 fully saturated rings. The van der Waals surface area contributed by atoms with E-state index in [0.717, 1.165) is 16.9 Å². The van der Waals surface area contributed by atoms with E-state index in [1.165, 1.54) is 0 Å². The molecule has 8 nitrogen and oxygen atoms in total. The number of aromatic nitrogens is 2. The average molecular weight is 383 g/mol. The summed E-state index contributed by atoms with van der Waals surface area (Å²) in [6, 6.07) is 12.9. The Kier molecular flexibility index (Phi) is 6.46. The summed E-state index contributed by atoms with van der Waals surface area (Å²) in [4.78, 5) is 9.53. The van der Waals surface area contributed by atoms with Crippen LogP contribution in [0.2, 0.25) is 0 Å². The van der Waals surface area contributed by atoms with Gasteiger partial charge in [-0.15, -0.1) is 0 Å². The first kappa shape index (κ1) is 19.2. The lowest BCUT2D eigenvalue weighted by Gasteiger charge is -2.07. The summed E-state index contributed by atoms with van der Waals surface area (Å²) < 4.78 is 21.1. The molecule has 1 heterocycles. The van der Waals surface area contributed by atoms with Gasteiger partial charge in [-0.25, -0.2) is 0 Å². The summed E-state index contributed by atoms with van der Waals surface area (Å²) in [6.07, 6.45) is 1.60. The van der Waals surface area contributed by atoms with Gasteiger partial charge >= 0.3 is 0 Å². The van der Waals surface area contributed by atoms with Gasteiger partial charge in [-0.3, -0.25) is 0 Å². The van der Waals surface area contributed by atoms with Crippen molar-refractivity contribution in [2.75, 3.05) is 20.8 Å². The third-order valence-corrected chi connectivity index (χ3v) is 3.77. The highest BCUT2D eigenvalue weighted by atomic mass is 16.6. The predicted molar refractivity (Wildman–Crippen MR) is 103 cm³/mol. The highest BCUT2D eigenvalue weighted by Crippen LogP contribution is 2.31. The minimum atomic E-state index is 0.0633. The lowest BCUT2D eigenvalue weighted by molar-refractivity contribution is 0.107. The van der Waals surface area contributed by atoms with Crippen molar-refractivity contribution in [2.24, 2.45) is 5.16 Å². The maximum Gasteiger partial charge on any atom is 0.267 e. The minimum absolute atomic E-state index is 0.0633. The first-order chi connectivity index (χ1) is 13.7. The SMILES string of the molecule is CCOc1ccc(/C=N\OCc2nc(-c3ccc(OC)c(OC)c3)no2)cc1. The molecular formula is C20H21N3O5. The van der Waals surface area contributed by atoms with E-state index < -0.39 is 0 Å². The van der Waals surface area contributed by atoms with Crippen molar-refractivity contribution < 1.29 is 23.6 Å². The van der Waals surface area contributed by atoms with Crippen LogP contribution in [0.3, 0.4) is 0 Å². The van der Waals surface area contributed by atoms with Crippen molar-refractivity contribution in [1.82, 2.24) is 10.1 Å². The standard InChI is InChI=1S/C20H21N3O5/c1-4-26-16-8-5-14(6-9-16)12-21-27-13-19-22-20(23-28-19)15-7-10-17(24-2)18(11-15)25-3/h5-12H,4,13H2,1-3H3/b21-12-. The van der Waals surface area contributed by atoms with Gasteiger partial charge in [0.1, 0.15) is 5.75 Å². The third kappa shape index (κ3) is 4.79. The fourth-order valence-corrected chi connectivity index (χ4v) is 2.41. The molecule has 0 saturated carbocycles. The van der Waals surface area contributed by atoms with E-state index in [0.29, 0.717) is 29.8 Å². The molecule has 0 spiro atoms. The van der Waals surface area contributed by atoms with Crippen LogP contribution in [0, 0.1) is 0 Å². The zero-order chi connectivity index (χ0) is 19.8. The highest BCUT2D eigenvalue weighted by molar-refractivity contribution is 5.79. The van der Waals surface area contributed by atoms with Crippen LogP contribution in [0.25, 0.3) is 11.4 Å². The van der Waals surface area contributed by atoms with Crippen LogP contribution >= 0.6 is 0 Å². The number of methoxy groups -OCH3 is 2. The molecule has 3 aromatic rings. The molecule has 28 heavy (non-hydrogen) atoms. The number of oxime groups is 1. The van der Waals surface area contributed by atoms with E-state index >= 15 is 0 Å². The molecular weight excluding hydrogens is 362 g/mol. The lowest BCUT2D eigenvalue weighted by Crippen LogP contribution is -1.92. The van der Waals surface area contributed by atoms with Crippen LogP contribution in [0.5, 0.6) is 17.2 Å². The molecule has 2 aromatic carbocycles. The molecule has 0 aliphatic carbocycles. The van der Waals surface area contributed by atoms with Gasteiger partial charge in [0.15, 0.2) is 18.1 Å². The Morgan fingerprint density at radius 2 is 1.82 bits per heavy atom. The topological polar surface area (TPSA) is 88.2 Å². The van der Waals surface area contributed by atoms with E-state index in [2.05, 4.69) is 15.3 Å². The summed E-state index contributed by atoms with van der Waals surface area (Å²) in [7, 11) is 3.15. The van der Waals surface area contributed by atoms with E-state index in [4.69, 9.17) is 23.6 Å². The molecule has 0 saturated heterocycles. The van der Waals surface area contributed by atoms with Crippen molar-refractivity contribution in [2.45, 2.75) is 13.5 Å². The first-order valence-electron chi connectivity index (χ1n) is 8.66. The van der Waals surface area contributed by atoms with Gasteiger partial charge in [0.25, 0.3) is 5.89 Å². The second-order valence-electron chi connectivity index (χ2n) is 5.59. The zero-order valence-electron chi connectivity index (χ0n) is 15.9. The Morgan fingerprint density at radius 3 is 2.54 bits per heavy atom. The van der Waals surface area contributed by atoms with E-state index in [1.54, 1.807) is 32.6 Å². The van der Waals surface area contributed by atoms with Crippen molar-refractivity contribution in [1.29, 1.82) is 0 Å². The molecule has 0 bridgehead atoms. The van der Waals surface area contributed by atoms with E-state index in [9.17, 15) is 0 Å². The highest BCUT2D eigenvalue weighted by Gasteiger charge is 2.12. The molecule has 0 aliphatic rings. The average Bonchev–Trinajstić information content (AvgIpc) is 3.21. The van der Waals surface area contributed by atoms with Crippen LogP contribution in [-0.2, 0) is 11.4 Å². The van der Waals surface area contributed by atoms with Gasteiger partial charge in [0.05, 0.1) is 27.0 Å². The summed E-state index contributed by atoms with van der Waals surface area (Å²) in [5.41, 5.74) is 1.63. The fraction of sp³-hybridized carbons (Fsp3) is 0.250. The van der Waals surface area contributed by atoms with Crippen LogP contribution < -0.4 is 14.2 Å². The smallest absolute Gasteiger partial charge is 0.267 e. The predicted octanol–water partition coefficient (Wildman–Crippen LogP) is 3.70. The van der Waals surface area contributed by atoms with Crippen molar-refractivity contribution in [3.63, 3.8) is 0 Å². The Hall–Kier alpha value is -3.55. The molecule has 0 aliphatic heterocycles. The Bertz CT molecular complexity index is 922. The number of hydrogen-bond donors (Lipinski definition) is 0. The summed E-state index contributed by atoms with van der Waals surface area (Å²) in [5, 5.41) is 7.87. The number of benzene rings is 2. The first-order valence-corrected chi connectivity index (χ1v) is 8.66. The van der Waals surface area contributed by atoms with Gasteiger partial charge in [-0.05, 0) is 55.0 Å². The molecule has 146 valence electrons. The van der Waals surface area contributed by atoms with E-state index in [1.807, 2.05) is 37.3 Å². The molecule has 0 atom stereocenters. The molecule has 0 amide bonds. The minimum Gasteiger partial charge on any atom is -0.494 e. The quantitative estimate of drug-likeness (QED) is 0.411. The van der Waals surface area contributed by atoms with E-state index in [-0.39, 0.29) is 6.61 Å². The second-order valence-corrected chi connectivity index (χ2v) is 5.59. The fourth-order valence-electron chi connectivity index (χ4n) is 2.41. The zero-order valence-corrected chi connectivity index (χ0v) is 15.9. The maximum absolute atomic E-state index is 5.39. The normalized spacial score (nSPS) is 10.8. The van der Waals surface area contributed by atoms with Crippen LogP contribution in [0.1, 0.15) is 18.4 Å². The summed E-state index contributed by atoms with van der Waals surface area (Å²) >= 11 is 0. The van der Waals surface area contributed by atoms with Gasteiger partial charge in [-0.1, -0.05) is 10.3 Å². The van der Waals surface area contributed by atoms with Gasteiger partial charge < -0.3 is 23.6 Å². The summed E-state index contributed by atoms with van der Waals surface area (Å²) in [5.74, 6) is 2.77. The molecule has 1 aromatic heterocycles. The van der Waals surface area contributed by atoms with Crippen LogP contribution in [0.15, 0.2) is 52.1 Å². The second kappa shape index (κ2) is 9.40. The Morgan fingerprint density at radius 1 is 1.04 bits per heavy atom. The lowest BCUT2D eigenvalue weighted by atomic mass is 10.2. The van der Waals surface area contributed by atoms with Crippen LogP contribution in [-0.4, -0.2) is 37.2 Å². The molecule has 8 heteroatoms. The van der Waals surface area contributed by atoms with Crippen LogP contribution in [0.4, 0.5) is 0 Å². The molecule has 0 radical (unpaired) electrons. The number of ether oxygens (including phenoxy) is 3. The monoisotopic (exact) mass is 383 g/mol. The van der Waals surface area contributed by atoms with Crippen molar-refractivity contribution in [3.8, 4) is 28.6 Å². The Labute approximate surface area is 162 Å². The van der Waals surface area contributed by atoms with Gasteiger partial charge in [-0.2, -0.15) is 4.98 Å². The largest absolute Gasteiger partial charge is 0.494 e. The molecule has 0 unspecified atom stereocenters. The van der Waals surface area contributed by atoms with Gasteiger partial charge in [0.2, 0.25) is 5.82 Å². The number of hydrogen-bond acceptors (Lipinski definition) is 8. The van der Waals surface area contributed by atoms with Crippen molar-refractivity contribution >= 4 is 6.21 Å². The molecule has 3 rings (SSSR count).